The number of carbonyl (C=O) groups excluding carboxylic acids is 1. The van der Waals surface area contributed by atoms with E-state index < -0.39 is 21.6 Å². The Balaban J connectivity index is 2.23. The fourth-order valence-corrected chi connectivity index (χ4v) is 3.79. The van der Waals surface area contributed by atoms with E-state index in [-0.39, 0.29) is 6.54 Å². The van der Waals surface area contributed by atoms with Crippen molar-refractivity contribution in [3.05, 3.63) is 63.6 Å². The molecule has 0 unspecified atom stereocenters. The number of benzene rings is 2. The van der Waals surface area contributed by atoms with Crippen LogP contribution >= 0.6 is 23.2 Å². The van der Waals surface area contributed by atoms with Gasteiger partial charge in [-0.05, 0) is 24.3 Å². The number of nitrogens with zero attached hydrogens (tertiary/aromatic N) is 2. The fourth-order valence-electron chi connectivity index (χ4n) is 2.64. The number of hydrogen-bond acceptors (Lipinski definition) is 4. The molecule has 2 aromatic rings. The highest BCUT2D eigenvalue weighted by atomic mass is 35.5. The topological polar surface area (TPSA) is 66.8 Å². The summed E-state index contributed by atoms with van der Waals surface area (Å²) >= 11 is 12.4. The van der Waals surface area contributed by atoms with Gasteiger partial charge in [-0.25, -0.2) is 8.42 Å². The van der Waals surface area contributed by atoms with Crippen LogP contribution in [0.25, 0.3) is 0 Å². The zero-order valence-electron chi connectivity index (χ0n) is 13.2. The average Bonchev–Trinajstić information content (AvgIpc) is 2.65. The number of aliphatic imine (C=N–C) groups is 1. The molecule has 2 aromatic carbocycles. The van der Waals surface area contributed by atoms with Crippen LogP contribution in [-0.2, 0) is 14.6 Å². The first-order valence-corrected chi connectivity index (χ1v) is 10.2. The molecule has 0 N–H and O–H groups in total. The van der Waals surface area contributed by atoms with Crippen molar-refractivity contribution in [2.45, 2.75) is 0 Å². The Labute approximate surface area is 155 Å². The van der Waals surface area contributed by atoms with Gasteiger partial charge in [0.15, 0.2) is 9.84 Å². The smallest absolute Gasteiger partial charge is 0.249 e. The van der Waals surface area contributed by atoms with Gasteiger partial charge in [0.1, 0.15) is 12.4 Å². The summed E-state index contributed by atoms with van der Waals surface area (Å²) in [6, 6.07) is 12.0. The second-order valence-electron chi connectivity index (χ2n) is 5.68. The number of benzodiazepines with no additional fused rings is 1. The van der Waals surface area contributed by atoms with E-state index in [1.165, 1.54) is 4.90 Å². The first-order chi connectivity index (χ1) is 11.8. The van der Waals surface area contributed by atoms with Crippen molar-refractivity contribution in [3.8, 4) is 0 Å². The van der Waals surface area contributed by atoms with Crippen LogP contribution in [0.15, 0.2) is 47.5 Å². The molecule has 1 aliphatic rings. The fraction of sp³-hybridized carbons (Fsp3) is 0.176. The second-order valence-corrected chi connectivity index (χ2v) is 8.64. The van der Waals surface area contributed by atoms with Crippen molar-refractivity contribution < 1.29 is 13.2 Å². The van der Waals surface area contributed by atoms with Crippen LogP contribution in [0.4, 0.5) is 5.69 Å². The van der Waals surface area contributed by atoms with Crippen molar-refractivity contribution in [2.24, 2.45) is 4.99 Å². The molecule has 0 radical (unpaired) electrons. The van der Waals surface area contributed by atoms with Gasteiger partial charge < -0.3 is 0 Å². The number of amides is 1. The lowest BCUT2D eigenvalue weighted by Gasteiger charge is -2.22. The van der Waals surface area contributed by atoms with Crippen molar-refractivity contribution in [1.29, 1.82) is 0 Å². The van der Waals surface area contributed by atoms with E-state index >= 15 is 0 Å². The van der Waals surface area contributed by atoms with Gasteiger partial charge in [-0.3, -0.25) is 14.7 Å². The molecule has 0 aromatic heterocycles. The largest absolute Gasteiger partial charge is 0.295 e. The summed E-state index contributed by atoms with van der Waals surface area (Å²) in [7, 11) is -3.42. The summed E-state index contributed by atoms with van der Waals surface area (Å²) in [5, 5.41) is 0.934. The second kappa shape index (κ2) is 6.78. The van der Waals surface area contributed by atoms with E-state index in [0.29, 0.717) is 32.6 Å². The average molecular weight is 397 g/mol. The Morgan fingerprint density at radius 1 is 1.12 bits per heavy atom. The first kappa shape index (κ1) is 17.9. The minimum Gasteiger partial charge on any atom is -0.295 e. The van der Waals surface area contributed by atoms with Crippen molar-refractivity contribution >= 4 is 50.3 Å². The Morgan fingerprint density at radius 2 is 1.84 bits per heavy atom. The van der Waals surface area contributed by atoms with Crippen LogP contribution in [0.5, 0.6) is 0 Å². The number of fused-ring (bicyclic) bond motifs is 1. The molecule has 1 amide bonds. The predicted octanol–water partition coefficient (Wildman–Crippen LogP) is 3.18. The molecule has 1 aliphatic heterocycles. The monoisotopic (exact) mass is 396 g/mol. The summed E-state index contributed by atoms with van der Waals surface area (Å²) in [4.78, 5) is 18.1. The molecule has 1 heterocycles. The molecule has 0 fully saturated rings. The Kier molecular flexibility index (Phi) is 4.86. The van der Waals surface area contributed by atoms with E-state index in [9.17, 15) is 13.2 Å². The lowest BCUT2D eigenvalue weighted by Crippen LogP contribution is -2.36. The van der Waals surface area contributed by atoms with E-state index in [1.807, 2.05) is 6.07 Å². The molecule has 0 bridgehead atoms. The number of halogens is 2. The van der Waals surface area contributed by atoms with Crippen molar-refractivity contribution in [2.75, 3.05) is 23.6 Å². The van der Waals surface area contributed by atoms with E-state index in [2.05, 4.69) is 4.99 Å². The number of hydrogen-bond donors (Lipinski definition) is 0. The zero-order chi connectivity index (χ0) is 18.2. The summed E-state index contributed by atoms with van der Waals surface area (Å²) in [5.74, 6) is -0.831. The molecular weight excluding hydrogens is 383 g/mol. The maximum Gasteiger partial charge on any atom is 0.249 e. The summed E-state index contributed by atoms with van der Waals surface area (Å²) in [6.45, 7) is -0.178. The highest BCUT2D eigenvalue weighted by Crippen LogP contribution is 2.31. The SMILES string of the molecule is CS(=O)(=O)CN1C(=O)CN=C(c2ccccc2Cl)c2cc(Cl)ccc21. The Bertz CT molecular complexity index is 987. The third-order valence-corrected chi connectivity index (χ3v) is 4.96. The molecule has 0 saturated heterocycles. The lowest BCUT2D eigenvalue weighted by molar-refractivity contribution is -0.117. The van der Waals surface area contributed by atoms with E-state index in [0.717, 1.165) is 6.26 Å². The van der Waals surface area contributed by atoms with Gasteiger partial charge in [-0.2, -0.15) is 0 Å². The van der Waals surface area contributed by atoms with Crippen LogP contribution in [0.1, 0.15) is 11.1 Å². The molecular formula is C17H14Cl2N2O3S. The van der Waals surface area contributed by atoms with Crippen LogP contribution < -0.4 is 4.90 Å². The number of carbonyl (C=O) groups is 1. The lowest BCUT2D eigenvalue weighted by atomic mass is 10.0. The highest BCUT2D eigenvalue weighted by Gasteiger charge is 2.28. The van der Waals surface area contributed by atoms with Gasteiger partial charge in [0.05, 0.1) is 11.4 Å². The van der Waals surface area contributed by atoms with Gasteiger partial charge in [-0.1, -0.05) is 41.4 Å². The summed E-state index contributed by atoms with van der Waals surface area (Å²) < 4.78 is 23.5. The predicted molar refractivity (Wildman–Crippen MR) is 101 cm³/mol. The first-order valence-electron chi connectivity index (χ1n) is 7.33. The molecule has 0 aliphatic carbocycles. The van der Waals surface area contributed by atoms with Gasteiger partial charge >= 0.3 is 0 Å². The molecule has 3 rings (SSSR count). The van der Waals surface area contributed by atoms with E-state index in [4.69, 9.17) is 23.2 Å². The number of sulfone groups is 1. The molecule has 8 heteroatoms. The third-order valence-electron chi connectivity index (χ3n) is 3.67. The van der Waals surface area contributed by atoms with Crippen LogP contribution in [0.3, 0.4) is 0 Å². The van der Waals surface area contributed by atoms with Crippen LogP contribution in [0.2, 0.25) is 10.0 Å². The van der Waals surface area contributed by atoms with Crippen molar-refractivity contribution in [3.63, 3.8) is 0 Å². The standard InChI is InChI=1S/C17H14Cl2N2O3S/c1-25(23,24)10-21-15-7-6-11(18)8-13(15)17(20-9-16(21)22)12-4-2-3-5-14(12)19/h2-8H,9-10H2,1H3. The molecule has 0 spiro atoms. The van der Waals surface area contributed by atoms with Gasteiger partial charge in [0, 0.05) is 27.4 Å². The summed E-state index contributed by atoms with van der Waals surface area (Å²) in [6.07, 6.45) is 1.08. The Hall–Kier alpha value is -1.89. The minimum atomic E-state index is -3.42. The maximum atomic E-state index is 12.5. The Morgan fingerprint density at radius 3 is 2.52 bits per heavy atom. The molecule has 0 atom stereocenters. The summed E-state index contributed by atoms with van der Waals surface area (Å²) in [5.41, 5.74) is 2.17. The minimum absolute atomic E-state index is 0.178. The zero-order valence-corrected chi connectivity index (χ0v) is 15.6. The quantitative estimate of drug-likeness (QED) is 0.799. The molecule has 130 valence electrons. The van der Waals surface area contributed by atoms with Crippen LogP contribution in [-0.4, -0.2) is 38.7 Å². The maximum absolute atomic E-state index is 12.5. The van der Waals surface area contributed by atoms with Crippen molar-refractivity contribution in [1.82, 2.24) is 0 Å². The third kappa shape index (κ3) is 3.86. The molecule has 25 heavy (non-hydrogen) atoms. The number of anilines is 1. The van der Waals surface area contributed by atoms with Gasteiger partial charge in [0.2, 0.25) is 5.91 Å². The number of rotatable bonds is 3. The molecule has 0 saturated carbocycles. The normalized spacial score (nSPS) is 14.8. The van der Waals surface area contributed by atoms with E-state index in [1.54, 1.807) is 36.4 Å². The highest BCUT2D eigenvalue weighted by molar-refractivity contribution is 7.90. The molecule has 5 nitrogen and oxygen atoms in total. The van der Waals surface area contributed by atoms with Crippen LogP contribution in [0, 0.1) is 0 Å². The van der Waals surface area contributed by atoms with Gasteiger partial charge in [-0.15, -0.1) is 0 Å². The van der Waals surface area contributed by atoms with Gasteiger partial charge in [0.25, 0.3) is 0 Å².